The highest BCUT2D eigenvalue weighted by molar-refractivity contribution is 6.02. The molecule has 1 N–H and O–H groups in total. The molecule has 0 aromatic heterocycles. The van der Waals surface area contributed by atoms with Crippen molar-refractivity contribution in [1.82, 2.24) is 0 Å². The van der Waals surface area contributed by atoms with Crippen LogP contribution in [0.4, 0.5) is 0 Å². The summed E-state index contributed by atoms with van der Waals surface area (Å²) in [6.07, 6.45) is 2.31. The Bertz CT molecular complexity index is 677. The van der Waals surface area contributed by atoms with Gasteiger partial charge in [-0.25, -0.2) is 9.59 Å². The number of carbonyl (C=O) groups excluding carboxylic acids is 1. The van der Waals surface area contributed by atoms with Gasteiger partial charge in [0.2, 0.25) is 0 Å². The van der Waals surface area contributed by atoms with Gasteiger partial charge in [0.1, 0.15) is 0 Å². The molecule has 120 valence electrons. The largest absolute Gasteiger partial charge is 0.478 e. The number of carboxylic acid groups (broad SMARTS) is 1. The number of carboxylic acids is 1. The van der Waals surface area contributed by atoms with Crippen LogP contribution in [0.2, 0.25) is 0 Å². The number of rotatable bonds is 7. The molecule has 23 heavy (non-hydrogen) atoms. The smallest absolute Gasteiger partial charge is 0.339 e. The Balaban J connectivity index is 2.24. The first-order chi connectivity index (χ1) is 11.1. The Morgan fingerprint density at radius 3 is 2.39 bits per heavy atom. The molecule has 0 aliphatic rings. The van der Waals surface area contributed by atoms with Gasteiger partial charge in [0, 0.05) is 0 Å². The Morgan fingerprint density at radius 2 is 1.74 bits per heavy atom. The first kappa shape index (κ1) is 16.7. The fourth-order valence-electron chi connectivity index (χ4n) is 2.28. The summed E-state index contributed by atoms with van der Waals surface area (Å²) in [5.41, 5.74) is 2.06. The van der Waals surface area contributed by atoms with Crippen molar-refractivity contribution < 1.29 is 19.4 Å². The van der Waals surface area contributed by atoms with E-state index in [0.717, 1.165) is 24.0 Å². The lowest BCUT2D eigenvalue weighted by Crippen LogP contribution is -2.13. The highest BCUT2D eigenvalue weighted by Gasteiger charge is 2.18. The zero-order valence-electron chi connectivity index (χ0n) is 13.1. The lowest BCUT2D eigenvalue weighted by molar-refractivity contribution is 0.0489. The molecule has 0 bridgehead atoms. The van der Waals surface area contributed by atoms with Gasteiger partial charge >= 0.3 is 11.9 Å². The summed E-state index contributed by atoms with van der Waals surface area (Å²) in [7, 11) is 0. The molecule has 4 heteroatoms. The molecule has 0 heterocycles. The molecule has 0 radical (unpaired) electrons. The maximum absolute atomic E-state index is 12.2. The van der Waals surface area contributed by atoms with Crippen molar-refractivity contribution in [2.75, 3.05) is 6.61 Å². The maximum Gasteiger partial charge on any atom is 0.339 e. The maximum atomic E-state index is 12.2. The second-order valence-corrected chi connectivity index (χ2v) is 5.34. The van der Waals surface area contributed by atoms with Crippen molar-refractivity contribution in [3.05, 3.63) is 70.8 Å². The number of carbonyl (C=O) groups is 2. The van der Waals surface area contributed by atoms with E-state index in [-0.39, 0.29) is 11.1 Å². The second-order valence-electron chi connectivity index (χ2n) is 5.34. The van der Waals surface area contributed by atoms with E-state index >= 15 is 0 Å². The van der Waals surface area contributed by atoms with E-state index in [2.05, 4.69) is 0 Å². The van der Waals surface area contributed by atoms with E-state index in [0.29, 0.717) is 13.0 Å². The molecule has 2 aromatic rings. The van der Waals surface area contributed by atoms with Crippen molar-refractivity contribution in [2.45, 2.75) is 26.2 Å². The number of esters is 1. The molecule has 0 atom stereocenters. The predicted molar refractivity (Wildman–Crippen MR) is 87.8 cm³/mol. The third kappa shape index (κ3) is 4.68. The van der Waals surface area contributed by atoms with Crippen LogP contribution in [0.5, 0.6) is 0 Å². The number of unbranched alkanes of at least 4 members (excludes halogenated alkanes) is 1. The summed E-state index contributed by atoms with van der Waals surface area (Å²) in [5.74, 6) is -1.70. The van der Waals surface area contributed by atoms with Crippen LogP contribution in [0.3, 0.4) is 0 Å². The van der Waals surface area contributed by atoms with Crippen molar-refractivity contribution in [2.24, 2.45) is 0 Å². The zero-order chi connectivity index (χ0) is 16.7. The van der Waals surface area contributed by atoms with Gasteiger partial charge in [-0.2, -0.15) is 0 Å². The van der Waals surface area contributed by atoms with Crippen LogP contribution in [0, 0.1) is 0 Å². The molecule has 0 fully saturated rings. The monoisotopic (exact) mass is 312 g/mol. The summed E-state index contributed by atoms with van der Waals surface area (Å²) in [6.45, 7) is 2.30. The van der Waals surface area contributed by atoms with E-state index in [1.54, 1.807) is 12.1 Å². The first-order valence-corrected chi connectivity index (χ1v) is 7.69. The zero-order valence-corrected chi connectivity index (χ0v) is 13.1. The minimum atomic E-state index is -1.13. The minimum absolute atomic E-state index is 0.0247. The number of benzene rings is 2. The number of hydrogen-bond acceptors (Lipinski definition) is 3. The van der Waals surface area contributed by atoms with Crippen LogP contribution < -0.4 is 0 Å². The van der Waals surface area contributed by atoms with Gasteiger partial charge in [0.15, 0.2) is 0 Å². The second kappa shape index (κ2) is 8.13. The molecule has 4 nitrogen and oxygen atoms in total. The molecule has 0 amide bonds. The Kier molecular flexibility index (Phi) is 5.92. The molecule has 2 rings (SSSR count). The molecular weight excluding hydrogens is 292 g/mol. The SMILES string of the molecule is CCCCOC(=O)c1cc(Cc2ccccc2)ccc1C(=O)O. The predicted octanol–water partition coefficient (Wildman–Crippen LogP) is 3.93. The van der Waals surface area contributed by atoms with Gasteiger partial charge in [-0.05, 0) is 36.1 Å². The first-order valence-electron chi connectivity index (χ1n) is 7.69. The minimum Gasteiger partial charge on any atom is -0.478 e. The summed E-state index contributed by atoms with van der Waals surface area (Å²) >= 11 is 0. The van der Waals surface area contributed by atoms with Crippen molar-refractivity contribution in [1.29, 1.82) is 0 Å². The highest BCUT2D eigenvalue weighted by Crippen LogP contribution is 2.17. The lowest BCUT2D eigenvalue weighted by atomic mass is 9.99. The number of hydrogen-bond donors (Lipinski definition) is 1. The van der Waals surface area contributed by atoms with Crippen LogP contribution in [-0.2, 0) is 11.2 Å². The fourth-order valence-corrected chi connectivity index (χ4v) is 2.28. The number of aromatic carboxylic acids is 1. The van der Waals surface area contributed by atoms with Crippen LogP contribution in [0.15, 0.2) is 48.5 Å². The topological polar surface area (TPSA) is 63.6 Å². The molecular formula is C19H20O4. The van der Waals surface area contributed by atoms with Gasteiger partial charge in [-0.1, -0.05) is 49.7 Å². The van der Waals surface area contributed by atoms with Crippen LogP contribution >= 0.6 is 0 Å². The van der Waals surface area contributed by atoms with Crippen molar-refractivity contribution in [3.63, 3.8) is 0 Å². The van der Waals surface area contributed by atoms with Gasteiger partial charge < -0.3 is 9.84 Å². The molecule has 0 spiro atoms. The van der Waals surface area contributed by atoms with E-state index in [9.17, 15) is 14.7 Å². The molecule has 0 aliphatic carbocycles. The van der Waals surface area contributed by atoms with Gasteiger partial charge in [0.05, 0.1) is 17.7 Å². The Labute approximate surface area is 135 Å². The van der Waals surface area contributed by atoms with Crippen LogP contribution in [0.1, 0.15) is 51.6 Å². The standard InChI is InChI=1S/C19H20O4/c1-2-3-11-23-19(22)17-13-15(9-10-16(17)18(20)21)12-14-7-5-4-6-8-14/h4-10,13H,2-3,11-12H2,1H3,(H,20,21). The summed E-state index contributed by atoms with van der Waals surface area (Å²) < 4.78 is 5.16. The van der Waals surface area contributed by atoms with E-state index < -0.39 is 11.9 Å². The van der Waals surface area contributed by atoms with Crippen LogP contribution in [-0.4, -0.2) is 23.7 Å². The van der Waals surface area contributed by atoms with Crippen LogP contribution in [0.25, 0.3) is 0 Å². The Morgan fingerprint density at radius 1 is 1.00 bits per heavy atom. The lowest BCUT2D eigenvalue weighted by Gasteiger charge is -2.09. The third-order valence-corrected chi connectivity index (χ3v) is 3.52. The van der Waals surface area contributed by atoms with E-state index in [1.165, 1.54) is 6.07 Å². The molecule has 0 saturated carbocycles. The fraction of sp³-hybridized carbons (Fsp3) is 0.263. The van der Waals surface area contributed by atoms with E-state index in [4.69, 9.17) is 4.74 Å². The molecule has 0 unspecified atom stereocenters. The average Bonchev–Trinajstić information content (AvgIpc) is 2.55. The highest BCUT2D eigenvalue weighted by atomic mass is 16.5. The van der Waals surface area contributed by atoms with Gasteiger partial charge in [0.25, 0.3) is 0 Å². The summed E-state index contributed by atoms with van der Waals surface area (Å²) in [5, 5.41) is 9.26. The van der Waals surface area contributed by atoms with Gasteiger partial charge in [-0.3, -0.25) is 0 Å². The van der Waals surface area contributed by atoms with E-state index in [1.807, 2.05) is 37.3 Å². The Hall–Kier alpha value is -2.62. The van der Waals surface area contributed by atoms with Crippen molar-refractivity contribution >= 4 is 11.9 Å². The van der Waals surface area contributed by atoms with Gasteiger partial charge in [-0.15, -0.1) is 0 Å². The number of ether oxygens (including phenoxy) is 1. The third-order valence-electron chi connectivity index (χ3n) is 3.52. The molecule has 0 saturated heterocycles. The quantitative estimate of drug-likeness (QED) is 0.621. The normalized spacial score (nSPS) is 10.3. The van der Waals surface area contributed by atoms with Crippen molar-refractivity contribution in [3.8, 4) is 0 Å². The summed E-state index contributed by atoms with van der Waals surface area (Å²) in [6, 6.07) is 14.6. The molecule has 0 aliphatic heterocycles. The summed E-state index contributed by atoms with van der Waals surface area (Å²) in [4.78, 5) is 23.5. The molecule has 2 aromatic carbocycles. The average molecular weight is 312 g/mol.